The predicted molar refractivity (Wildman–Crippen MR) is 79.9 cm³/mol. The molecule has 8 heteroatoms. The average molecular weight is 338 g/mol. The largest absolute Gasteiger partial charge is 0.509 e. The molecule has 7 nitrogen and oxygen atoms in total. The minimum absolute atomic E-state index is 0.0475. The second kappa shape index (κ2) is 9.05. The maximum atomic E-state index is 11.9. The van der Waals surface area contributed by atoms with E-state index < -0.39 is 11.8 Å². The zero-order valence-corrected chi connectivity index (χ0v) is 14.1. The fourth-order valence-corrected chi connectivity index (χ4v) is 2.05. The van der Waals surface area contributed by atoms with E-state index in [1.807, 2.05) is 20.8 Å². The first kappa shape index (κ1) is 18.8. The predicted octanol–water partition coefficient (Wildman–Crippen LogP) is 2.75. The minimum Gasteiger partial charge on any atom is -0.444 e. The van der Waals surface area contributed by atoms with Crippen LogP contribution < -0.4 is 0 Å². The van der Waals surface area contributed by atoms with Crippen molar-refractivity contribution in [1.29, 1.82) is 0 Å². The van der Waals surface area contributed by atoms with E-state index in [0.29, 0.717) is 13.1 Å². The van der Waals surface area contributed by atoms with Gasteiger partial charge < -0.3 is 23.8 Å². The summed E-state index contributed by atoms with van der Waals surface area (Å²) in [5.41, 5.74) is -0.487. The van der Waals surface area contributed by atoms with Gasteiger partial charge in [-0.25, -0.2) is 9.59 Å². The van der Waals surface area contributed by atoms with Gasteiger partial charge in [0, 0.05) is 13.1 Å². The summed E-state index contributed by atoms with van der Waals surface area (Å²) in [7, 11) is 0. The number of piperidine rings is 1. The second-order valence-electron chi connectivity index (χ2n) is 5.89. The van der Waals surface area contributed by atoms with Gasteiger partial charge in [-0.05, 0) is 33.6 Å². The highest BCUT2D eigenvalue weighted by atomic mass is 35.5. The van der Waals surface area contributed by atoms with Gasteiger partial charge in [-0.2, -0.15) is 0 Å². The highest BCUT2D eigenvalue weighted by molar-refractivity contribution is 6.17. The Morgan fingerprint density at radius 2 is 1.77 bits per heavy atom. The summed E-state index contributed by atoms with van der Waals surface area (Å²) in [5.74, 6) is 0. The average Bonchev–Trinajstić information content (AvgIpc) is 2.43. The third kappa shape index (κ3) is 7.70. The lowest BCUT2D eigenvalue weighted by Crippen LogP contribution is -2.43. The van der Waals surface area contributed by atoms with Gasteiger partial charge in [-0.1, -0.05) is 11.6 Å². The van der Waals surface area contributed by atoms with Gasteiger partial charge in [0.1, 0.15) is 12.2 Å². The number of nitrogens with zero attached hydrogens (tertiary/aromatic N) is 1. The van der Waals surface area contributed by atoms with E-state index in [2.05, 4.69) is 4.74 Å². The summed E-state index contributed by atoms with van der Waals surface area (Å²) in [4.78, 5) is 24.5. The molecule has 0 atom stereocenters. The third-order valence-electron chi connectivity index (χ3n) is 2.92. The van der Waals surface area contributed by atoms with E-state index >= 15 is 0 Å². The molecule has 0 N–H and O–H groups in total. The van der Waals surface area contributed by atoms with E-state index in [0.717, 1.165) is 12.8 Å². The summed E-state index contributed by atoms with van der Waals surface area (Å²) >= 11 is 5.21. The molecule has 1 amide bonds. The molecular formula is C14H24ClNO6. The smallest absolute Gasteiger partial charge is 0.444 e. The second-order valence-corrected chi connectivity index (χ2v) is 6.11. The number of alkyl halides is 1. The van der Waals surface area contributed by atoms with Crippen molar-refractivity contribution in [3.63, 3.8) is 0 Å². The van der Waals surface area contributed by atoms with Crippen LogP contribution in [-0.2, 0) is 18.9 Å². The van der Waals surface area contributed by atoms with Crippen LogP contribution in [0, 0.1) is 0 Å². The number of hydrogen-bond acceptors (Lipinski definition) is 6. The van der Waals surface area contributed by atoms with Crippen LogP contribution >= 0.6 is 11.6 Å². The van der Waals surface area contributed by atoms with Crippen molar-refractivity contribution in [1.82, 2.24) is 4.90 Å². The normalized spacial score (nSPS) is 16.3. The van der Waals surface area contributed by atoms with Crippen molar-refractivity contribution in [2.75, 3.05) is 32.4 Å². The number of carbonyl (C=O) groups is 2. The summed E-state index contributed by atoms with van der Waals surface area (Å²) in [6, 6.07) is -0.233. The zero-order chi connectivity index (χ0) is 16.6. The Morgan fingerprint density at radius 1 is 1.14 bits per heavy atom. The zero-order valence-electron chi connectivity index (χ0n) is 13.3. The molecule has 0 unspecified atom stereocenters. The minimum atomic E-state index is -0.807. The number of rotatable bonds is 5. The van der Waals surface area contributed by atoms with Gasteiger partial charge >= 0.3 is 12.2 Å². The Hall–Kier alpha value is -1.21. The molecule has 1 aliphatic heterocycles. The molecule has 1 heterocycles. The van der Waals surface area contributed by atoms with Gasteiger partial charge in [0.15, 0.2) is 6.07 Å². The molecule has 1 saturated heterocycles. The van der Waals surface area contributed by atoms with Crippen LogP contribution in [0.2, 0.25) is 0 Å². The van der Waals surface area contributed by atoms with Crippen LogP contribution in [0.15, 0.2) is 0 Å². The summed E-state index contributed by atoms with van der Waals surface area (Å²) in [5, 5.41) is 0. The molecule has 0 radical (unpaired) electrons. The van der Waals surface area contributed by atoms with Crippen LogP contribution in [0.4, 0.5) is 9.59 Å². The molecule has 0 saturated carbocycles. The first-order chi connectivity index (χ1) is 10.3. The number of halogens is 1. The quantitative estimate of drug-likeness (QED) is 0.436. The maximum absolute atomic E-state index is 11.9. The van der Waals surface area contributed by atoms with Crippen LogP contribution in [0.1, 0.15) is 33.6 Å². The third-order valence-corrected chi connectivity index (χ3v) is 3.03. The van der Waals surface area contributed by atoms with E-state index in [1.165, 1.54) is 0 Å². The molecule has 0 aromatic carbocycles. The summed E-state index contributed by atoms with van der Waals surface area (Å²) < 4.78 is 20.1. The summed E-state index contributed by atoms with van der Waals surface area (Å²) in [6.07, 6.45) is 0.402. The number of carbonyl (C=O) groups excluding carboxylic acids is 2. The van der Waals surface area contributed by atoms with Gasteiger partial charge in [0.2, 0.25) is 0 Å². The van der Waals surface area contributed by atoms with E-state index in [-0.39, 0.29) is 31.5 Å². The number of ether oxygens (including phenoxy) is 4. The molecule has 1 aliphatic rings. The van der Waals surface area contributed by atoms with Crippen molar-refractivity contribution < 1.29 is 28.5 Å². The van der Waals surface area contributed by atoms with E-state index in [1.54, 1.807) is 4.90 Å². The highest BCUT2D eigenvalue weighted by Crippen LogP contribution is 2.17. The Labute approximate surface area is 135 Å². The Balaban J connectivity index is 2.15. The number of likely N-dealkylation sites (tertiary alicyclic amines) is 1. The van der Waals surface area contributed by atoms with Crippen LogP contribution in [0.5, 0.6) is 0 Å². The lowest BCUT2D eigenvalue weighted by atomic mass is 10.1. The topological polar surface area (TPSA) is 74.3 Å². The van der Waals surface area contributed by atoms with Crippen LogP contribution in [0.25, 0.3) is 0 Å². The molecule has 22 heavy (non-hydrogen) atoms. The Kier molecular flexibility index (Phi) is 7.75. The maximum Gasteiger partial charge on any atom is 0.509 e. The lowest BCUT2D eigenvalue weighted by molar-refractivity contribution is -0.0273. The van der Waals surface area contributed by atoms with Crippen molar-refractivity contribution in [3.8, 4) is 0 Å². The first-order valence-corrected chi connectivity index (χ1v) is 7.80. The first-order valence-electron chi connectivity index (χ1n) is 7.27. The fourth-order valence-electron chi connectivity index (χ4n) is 1.96. The van der Waals surface area contributed by atoms with Gasteiger partial charge in [0.05, 0.1) is 12.7 Å². The molecule has 0 aliphatic carbocycles. The molecule has 0 bridgehead atoms. The van der Waals surface area contributed by atoms with Crippen LogP contribution in [-0.4, -0.2) is 61.2 Å². The van der Waals surface area contributed by atoms with E-state index in [4.69, 9.17) is 25.8 Å². The molecule has 1 fully saturated rings. The van der Waals surface area contributed by atoms with Crippen molar-refractivity contribution >= 4 is 23.8 Å². The number of hydrogen-bond donors (Lipinski definition) is 0. The Morgan fingerprint density at radius 3 is 2.32 bits per heavy atom. The van der Waals surface area contributed by atoms with Crippen molar-refractivity contribution in [2.24, 2.45) is 0 Å². The van der Waals surface area contributed by atoms with Crippen molar-refractivity contribution in [3.05, 3.63) is 0 Å². The Bertz CT molecular complexity index is 363. The van der Waals surface area contributed by atoms with Crippen LogP contribution in [0.3, 0.4) is 0 Å². The fraction of sp³-hybridized carbons (Fsp3) is 0.857. The molecule has 1 rings (SSSR count). The van der Waals surface area contributed by atoms with Gasteiger partial charge in [-0.15, -0.1) is 0 Å². The van der Waals surface area contributed by atoms with Crippen molar-refractivity contribution in [2.45, 2.75) is 45.3 Å². The van der Waals surface area contributed by atoms with Gasteiger partial charge in [-0.3, -0.25) is 0 Å². The lowest BCUT2D eigenvalue weighted by Gasteiger charge is -2.33. The SMILES string of the molecule is CC(C)(C)OC(=O)N1CCC(OCCOC(=O)OCCl)CC1. The molecule has 0 spiro atoms. The molecular weight excluding hydrogens is 314 g/mol. The molecule has 128 valence electrons. The molecule has 0 aromatic heterocycles. The summed E-state index contributed by atoms with van der Waals surface area (Å²) in [6.45, 7) is 7.11. The van der Waals surface area contributed by atoms with Gasteiger partial charge in [0.25, 0.3) is 0 Å². The number of amides is 1. The van der Waals surface area contributed by atoms with E-state index in [9.17, 15) is 9.59 Å². The monoisotopic (exact) mass is 337 g/mol. The highest BCUT2D eigenvalue weighted by Gasteiger charge is 2.27. The standard InChI is InChI=1S/C14H24ClNO6/c1-14(2,3)22-12(17)16-6-4-11(5-7-16)19-8-9-20-13(18)21-10-15/h11H,4-10H2,1-3H3. The molecule has 0 aromatic rings.